The molecule has 0 aliphatic carbocycles. The van der Waals surface area contributed by atoms with Crippen LogP contribution >= 0.6 is 0 Å². The van der Waals surface area contributed by atoms with Crippen LogP contribution in [0.5, 0.6) is 0 Å². The molecule has 0 amide bonds. The van der Waals surface area contributed by atoms with Gasteiger partial charge in [0, 0.05) is 0 Å². The fraction of sp³-hybridized carbons (Fsp3) is 0. The van der Waals surface area contributed by atoms with Gasteiger partial charge in [-0.15, -0.1) is 0 Å². The predicted molar refractivity (Wildman–Crippen MR) is 18.1 cm³/mol. The first-order valence-electron chi connectivity index (χ1n) is 0. The van der Waals surface area contributed by atoms with Crippen molar-refractivity contribution < 1.29 is 120 Å². The average Bonchev–Trinajstić information content (AvgIpc) is 0. The van der Waals surface area contributed by atoms with E-state index in [9.17, 15) is 0 Å². The van der Waals surface area contributed by atoms with Gasteiger partial charge >= 0.3 is 41.7 Å². The van der Waals surface area contributed by atoms with E-state index in [1.807, 2.05) is 0 Å². The summed E-state index contributed by atoms with van der Waals surface area (Å²) in [5.41, 5.74) is 0. The Morgan fingerprint density at radius 3 is 0.333 bits per heavy atom. The molecule has 0 heterocycles. The summed E-state index contributed by atoms with van der Waals surface area (Å²) in [5, 5.41) is 0. The molecular formula is H10Br3CeO5. The molecule has 1 radical (unpaired) electrons. The average molecular weight is 470 g/mol. The van der Waals surface area contributed by atoms with Gasteiger partial charge in [0.15, 0.2) is 0 Å². The summed E-state index contributed by atoms with van der Waals surface area (Å²) in [5.74, 6) is 0. The van der Waals surface area contributed by atoms with Gasteiger partial charge in [0.2, 0.25) is 0 Å². The van der Waals surface area contributed by atoms with Crippen molar-refractivity contribution >= 4 is 0 Å². The molecular weight excluding hydrogens is 460 g/mol. The molecule has 65 valence electrons. The van der Waals surface area contributed by atoms with E-state index < -0.39 is 0 Å². The van der Waals surface area contributed by atoms with Gasteiger partial charge in [-0.1, -0.05) is 0 Å². The SMILES string of the molecule is O.O.O.O.O.[Br-].[Br-].[Br-].[Ce+3]. The molecule has 0 aromatic carbocycles. The molecule has 0 aliphatic heterocycles. The van der Waals surface area contributed by atoms with E-state index >= 15 is 0 Å². The Labute approximate surface area is 118 Å². The van der Waals surface area contributed by atoms with Crippen LogP contribution in [0, 0.1) is 41.7 Å². The first-order valence-corrected chi connectivity index (χ1v) is 0. The summed E-state index contributed by atoms with van der Waals surface area (Å²) < 4.78 is 0. The number of halogens is 3. The van der Waals surface area contributed by atoms with Gasteiger partial charge in [-0.2, -0.15) is 0 Å². The second-order valence-electron chi connectivity index (χ2n) is 0. The van der Waals surface area contributed by atoms with Gasteiger partial charge in [0.05, 0.1) is 0 Å². The Morgan fingerprint density at radius 2 is 0.333 bits per heavy atom. The van der Waals surface area contributed by atoms with E-state index in [4.69, 9.17) is 0 Å². The molecule has 0 aliphatic rings. The van der Waals surface area contributed by atoms with Gasteiger partial charge in [-0.25, -0.2) is 0 Å². The van der Waals surface area contributed by atoms with Crippen LogP contribution < -0.4 is 50.9 Å². The van der Waals surface area contributed by atoms with Crippen molar-refractivity contribution in [1.29, 1.82) is 0 Å². The topological polar surface area (TPSA) is 158 Å². The largest absolute Gasteiger partial charge is 3.00 e. The zero-order valence-corrected chi connectivity index (χ0v) is 12.0. The summed E-state index contributed by atoms with van der Waals surface area (Å²) in [6, 6.07) is 0. The molecule has 0 aromatic heterocycles. The van der Waals surface area contributed by atoms with Crippen LogP contribution in [0.4, 0.5) is 0 Å². The molecule has 5 nitrogen and oxygen atoms in total. The molecule has 0 spiro atoms. The van der Waals surface area contributed by atoms with Crippen LogP contribution in [0.2, 0.25) is 0 Å². The predicted octanol–water partition coefficient (Wildman–Crippen LogP) is -13.1. The summed E-state index contributed by atoms with van der Waals surface area (Å²) >= 11 is 0. The van der Waals surface area contributed by atoms with Crippen molar-refractivity contribution in [2.45, 2.75) is 0 Å². The Hall–Kier alpha value is 2.62. The van der Waals surface area contributed by atoms with Crippen molar-refractivity contribution in [3.63, 3.8) is 0 Å². The molecule has 0 saturated heterocycles. The van der Waals surface area contributed by atoms with Crippen LogP contribution in [0.25, 0.3) is 0 Å². The van der Waals surface area contributed by atoms with Crippen molar-refractivity contribution in [2.75, 3.05) is 0 Å². The smallest absolute Gasteiger partial charge is 1.00 e. The van der Waals surface area contributed by atoms with Gasteiger partial charge in [-0.3, -0.25) is 0 Å². The van der Waals surface area contributed by atoms with E-state index in [1.54, 1.807) is 0 Å². The van der Waals surface area contributed by atoms with E-state index in [-0.39, 0.29) is 120 Å². The van der Waals surface area contributed by atoms with E-state index in [1.165, 1.54) is 0 Å². The molecule has 0 unspecified atom stereocenters. The summed E-state index contributed by atoms with van der Waals surface area (Å²) in [4.78, 5) is 0. The number of hydrogen-bond acceptors (Lipinski definition) is 0. The van der Waals surface area contributed by atoms with Gasteiger partial charge in [0.25, 0.3) is 0 Å². The minimum absolute atomic E-state index is 0. The van der Waals surface area contributed by atoms with Gasteiger partial charge < -0.3 is 78.3 Å². The molecule has 0 saturated carbocycles. The zero-order chi connectivity index (χ0) is 0. The van der Waals surface area contributed by atoms with Crippen LogP contribution in [-0.4, -0.2) is 27.4 Å². The monoisotopic (exact) mass is 467 g/mol. The molecule has 10 N–H and O–H groups in total. The quantitative estimate of drug-likeness (QED) is 0.330. The molecule has 0 aromatic rings. The molecule has 0 bridgehead atoms. The third-order valence-electron chi connectivity index (χ3n) is 0. The van der Waals surface area contributed by atoms with Crippen molar-refractivity contribution in [1.82, 2.24) is 0 Å². The fourth-order valence-corrected chi connectivity index (χ4v) is 0. The van der Waals surface area contributed by atoms with Crippen molar-refractivity contribution in [2.24, 2.45) is 0 Å². The summed E-state index contributed by atoms with van der Waals surface area (Å²) in [7, 11) is 0. The van der Waals surface area contributed by atoms with Gasteiger partial charge in [-0.05, 0) is 0 Å². The fourth-order valence-electron chi connectivity index (χ4n) is 0. The zero-order valence-electron chi connectivity index (χ0n) is 4.13. The van der Waals surface area contributed by atoms with Gasteiger partial charge in [0.1, 0.15) is 0 Å². The van der Waals surface area contributed by atoms with Crippen LogP contribution in [0.1, 0.15) is 0 Å². The Bertz CT molecular complexity index is 12.2. The molecule has 9 heavy (non-hydrogen) atoms. The van der Waals surface area contributed by atoms with Crippen molar-refractivity contribution in [3.8, 4) is 0 Å². The van der Waals surface area contributed by atoms with Crippen molar-refractivity contribution in [3.05, 3.63) is 0 Å². The molecule has 0 rings (SSSR count). The minimum atomic E-state index is 0. The maximum atomic E-state index is 0. The third-order valence-corrected chi connectivity index (χ3v) is 0. The summed E-state index contributed by atoms with van der Waals surface area (Å²) in [6.45, 7) is 0. The second kappa shape index (κ2) is 143. The van der Waals surface area contributed by atoms with E-state index in [0.29, 0.717) is 0 Å². The second-order valence-corrected chi connectivity index (χ2v) is 0. The summed E-state index contributed by atoms with van der Waals surface area (Å²) in [6.07, 6.45) is 0. The first kappa shape index (κ1) is 191. The Kier molecular flexibility index (Phi) is 3050. The maximum absolute atomic E-state index is 0. The Morgan fingerprint density at radius 1 is 0.333 bits per heavy atom. The normalized spacial score (nSPS) is 0. The van der Waals surface area contributed by atoms with Crippen LogP contribution in [-0.2, 0) is 0 Å². The Balaban J connectivity index is 0. The van der Waals surface area contributed by atoms with E-state index in [2.05, 4.69) is 0 Å². The minimum Gasteiger partial charge on any atom is -1.00 e. The van der Waals surface area contributed by atoms with Crippen LogP contribution in [0.15, 0.2) is 0 Å². The first-order chi connectivity index (χ1) is 0. The molecule has 9 heteroatoms. The maximum Gasteiger partial charge on any atom is 3.00 e. The number of rotatable bonds is 0. The van der Waals surface area contributed by atoms with E-state index in [0.717, 1.165) is 0 Å². The number of hydrogen-bond donors (Lipinski definition) is 0. The third kappa shape index (κ3) is 115. The molecule has 0 atom stereocenters. The van der Waals surface area contributed by atoms with Crippen LogP contribution in [0.3, 0.4) is 0 Å². The molecule has 0 fully saturated rings. The standard InChI is InChI=1S/3BrH.Ce.5H2O/h3*1H;;5*1H2/q;;;+3;;;;;/p-3.